The predicted molar refractivity (Wildman–Crippen MR) is 123 cm³/mol. The van der Waals surface area contributed by atoms with E-state index in [1.807, 2.05) is 48.5 Å². The van der Waals surface area contributed by atoms with Crippen LogP contribution in [0.15, 0.2) is 77.9 Å². The number of hydrogen-bond donors (Lipinski definition) is 4. The molecule has 4 rings (SSSR count). The highest BCUT2D eigenvalue weighted by Crippen LogP contribution is 2.31. The fourth-order valence-corrected chi connectivity index (χ4v) is 3.60. The van der Waals surface area contributed by atoms with E-state index in [1.54, 1.807) is 24.3 Å². The Hall–Kier alpha value is -3.39. The molecule has 2 unspecified atom stereocenters. The van der Waals surface area contributed by atoms with Crippen LogP contribution in [-0.4, -0.2) is 23.3 Å². The zero-order valence-corrected chi connectivity index (χ0v) is 17.9. The van der Waals surface area contributed by atoms with E-state index in [1.165, 1.54) is 6.21 Å². The highest BCUT2D eigenvalue weighted by atomic mass is 35.5. The van der Waals surface area contributed by atoms with Gasteiger partial charge in [-0.25, -0.2) is 16.3 Å². The number of halogens is 1. The highest BCUT2D eigenvalue weighted by molar-refractivity contribution is 6.31. The molecule has 4 N–H and O–H groups in total. The number of rotatable bonds is 7. The summed E-state index contributed by atoms with van der Waals surface area (Å²) in [6, 6.07) is 21.3. The van der Waals surface area contributed by atoms with Gasteiger partial charge in [0.15, 0.2) is 0 Å². The standard InChI is InChI=1S/C24H23ClN4O3/c25-20-7-3-1-5-17(20)15-32-23-8-4-2-6-19(23)21-13-22(28-27-21)24(31)29-26-14-16-9-11-18(30)12-10-16/h1-12,14,21-22,27-28,30H,13,15H2,(H,29,31)/b26-14+. The van der Waals surface area contributed by atoms with Crippen LogP contribution in [0.5, 0.6) is 11.5 Å². The van der Waals surface area contributed by atoms with E-state index >= 15 is 0 Å². The number of hydrazine groups is 1. The van der Waals surface area contributed by atoms with Crippen molar-refractivity contribution in [2.75, 3.05) is 0 Å². The molecule has 1 amide bonds. The van der Waals surface area contributed by atoms with Gasteiger partial charge in [0.1, 0.15) is 24.1 Å². The first-order valence-corrected chi connectivity index (χ1v) is 10.6. The van der Waals surface area contributed by atoms with Gasteiger partial charge < -0.3 is 9.84 Å². The monoisotopic (exact) mass is 450 g/mol. The SMILES string of the molecule is O=C(N/N=C/c1ccc(O)cc1)C1CC(c2ccccc2OCc2ccccc2Cl)NN1. The zero-order valence-electron chi connectivity index (χ0n) is 17.2. The van der Waals surface area contributed by atoms with Gasteiger partial charge >= 0.3 is 0 Å². The van der Waals surface area contributed by atoms with E-state index in [2.05, 4.69) is 21.4 Å². The molecule has 3 aromatic carbocycles. The summed E-state index contributed by atoms with van der Waals surface area (Å²) in [5.74, 6) is 0.664. The van der Waals surface area contributed by atoms with E-state index in [-0.39, 0.29) is 17.7 Å². The van der Waals surface area contributed by atoms with Crippen LogP contribution in [0.4, 0.5) is 0 Å². The van der Waals surface area contributed by atoms with Crippen molar-refractivity contribution < 1.29 is 14.6 Å². The lowest BCUT2D eigenvalue weighted by Gasteiger charge is -2.16. The molecule has 1 heterocycles. The number of amides is 1. The third-order valence-corrected chi connectivity index (χ3v) is 5.51. The molecular weight excluding hydrogens is 428 g/mol. The number of hydrogen-bond acceptors (Lipinski definition) is 6. The Morgan fingerprint density at radius 3 is 2.66 bits per heavy atom. The normalized spacial score (nSPS) is 18.0. The first-order chi connectivity index (χ1) is 15.6. The number of hydrazone groups is 1. The summed E-state index contributed by atoms with van der Waals surface area (Å²) in [4.78, 5) is 12.5. The van der Waals surface area contributed by atoms with Crippen molar-refractivity contribution in [3.8, 4) is 11.5 Å². The molecule has 32 heavy (non-hydrogen) atoms. The molecule has 0 saturated carbocycles. The van der Waals surface area contributed by atoms with Crippen molar-refractivity contribution in [1.82, 2.24) is 16.3 Å². The number of para-hydroxylation sites is 1. The van der Waals surface area contributed by atoms with E-state index < -0.39 is 6.04 Å². The van der Waals surface area contributed by atoms with E-state index in [9.17, 15) is 9.90 Å². The molecule has 8 heteroatoms. The van der Waals surface area contributed by atoms with Gasteiger partial charge in [0.2, 0.25) is 0 Å². The molecule has 2 atom stereocenters. The maximum atomic E-state index is 12.5. The number of nitrogens with one attached hydrogen (secondary N) is 3. The number of benzene rings is 3. The Morgan fingerprint density at radius 1 is 1.09 bits per heavy atom. The fraction of sp³-hybridized carbons (Fsp3) is 0.167. The van der Waals surface area contributed by atoms with Gasteiger partial charge in [0.25, 0.3) is 5.91 Å². The van der Waals surface area contributed by atoms with Gasteiger partial charge in [0, 0.05) is 16.1 Å². The molecule has 1 fully saturated rings. The van der Waals surface area contributed by atoms with Crippen LogP contribution in [0.3, 0.4) is 0 Å². The summed E-state index contributed by atoms with van der Waals surface area (Å²) in [6.07, 6.45) is 2.06. The Balaban J connectivity index is 1.35. The second-order valence-electron chi connectivity index (χ2n) is 7.37. The maximum Gasteiger partial charge on any atom is 0.258 e. The Kier molecular flexibility index (Phi) is 7.01. The minimum atomic E-state index is -0.450. The molecule has 0 bridgehead atoms. The van der Waals surface area contributed by atoms with Crippen molar-refractivity contribution in [3.05, 3.63) is 94.5 Å². The van der Waals surface area contributed by atoms with Crippen LogP contribution in [0.2, 0.25) is 5.02 Å². The van der Waals surface area contributed by atoms with Gasteiger partial charge in [0.05, 0.1) is 12.3 Å². The van der Waals surface area contributed by atoms with E-state index in [4.69, 9.17) is 16.3 Å². The molecule has 164 valence electrons. The van der Waals surface area contributed by atoms with Crippen LogP contribution in [0.1, 0.15) is 29.2 Å². The summed E-state index contributed by atoms with van der Waals surface area (Å²) in [6.45, 7) is 0.354. The third kappa shape index (κ3) is 5.45. The molecule has 0 aromatic heterocycles. The highest BCUT2D eigenvalue weighted by Gasteiger charge is 2.31. The van der Waals surface area contributed by atoms with Gasteiger partial charge in [-0.2, -0.15) is 5.10 Å². The number of ether oxygens (including phenoxy) is 1. The van der Waals surface area contributed by atoms with Crippen LogP contribution in [-0.2, 0) is 11.4 Å². The number of phenols is 1. The van der Waals surface area contributed by atoms with Gasteiger partial charge in [-0.1, -0.05) is 48.0 Å². The first kappa shape index (κ1) is 21.8. The number of nitrogens with zero attached hydrogens (tertiary/aromatic N) is 1. The molecule has 1 aliphatic rings. The number of phenolic OH excluding ortho intramolecular Hbond substituents is 1. The molecule has 0 aliphatic carbocycles. The Bertz CT molecular complexity index is 1100. The second-order valence-corrected chi connectivity index (χ2v) is 7.78. The van der Waals surface area contributed by atoms with Crippen molar-refractivity contribution in [3.63, 3.8) is 0 Å². The number of carbonyl (C=O) groups is 1. The van der Waals surface area contributed by atoms with Crippen LogP contribution in [0.25, 0.3) is 0 Å². The molecule has 7 nitrogen and oxygen atoms in total. The molecule has 1 saturated heterocycles. The van der Waals surface area contributed by atoms with Crippen LogP contribution in [0, 0.1) is 0 Å². The largest absolute Gasteiger partial charge is 0.508 e. The van der Waals surface area contributed by atoms with Crippen molar-refractivity contribution in [2.24, 2.45) is 5.10 Å². The molecule has 3 aromatic rings. The average Bonchev–Trinajstić information content (AvgIpc) is 3.30. The van der Waals surface area contributed by atoms with Gasteiger partial charge in [-0.15, -0.1) is 0 Å². The Morgan fingerprint density at radius 2 is 1.84 bits per heavy atom. The fourth-order valence-electron chi connectivity index (χ4n) is 3.41. The topological polar surface area (TPSA) is 95.0 Å². The predicted octanol–water partition coefficient (Wildman–Crippen LogP) is 3.68. The minimum absolute atomic E-state index is 0.103. The third-order valence-electron chi connectivity index (χ3n) is 5.14. The maximum absolute atomic E-state index is 12.5. The summed E-state index contributed by atoms with van der Waals surface area (Å²) >= 11 is 6.23. The van der Waals surface area contributed by atoms with Gasteiger partial charge in [-0.3, -0.25) is 4.79 Å². The summed E-state index contributed by atoms with van der Waals surface area (Å²) < 4.78 is 6.04. The molecule has 0 spiro atoms. The first-order valence-electron chi connectivity index (χ1n) is 10.2. The average molecular weight is 451 g/mol. The van der Waals surface area contributed by atoms with E-state index in [0.717, 1.165) is 22.4 Å². The molecule has 0 radical (unpaired) electrons. The van der Waals surface area contributed by atoms with Crippen molar-refractivity contribution in [1.29, 1.82) is 0 Å². The molecular formula is C24H23ClN4O3. The van der Waals surface area contributed by atoms with Crippen molar-refractivity contribution >= 4 is 23.7 Å². The lowest BCUT2D eigenvalue weighted by Crippen LogP contribution is -2.41. The van der Waals surface area contributed by atoms with Crippen molar-refractivity contribution in [2.45, 2.75) is 25.1 Å². The smallest absolute Gasteiger partial charge is 0.258 e. The second kappa shape index (κ2) is 10.3. The zero-order chi connectivity index (χ0) is 22.3. The molecule has 1 aliphatic heterocycles. The number of carbonyl (C=O) groups excluding carboxylic acids is 1. The summed E-state index contributed by atoms with van der Waals surface area (Å²) in [5, 5.41) is 14.0. The van der Waals surface area contributed by atoms with Crippen LogP contribution < -0.4 is 21.0 Å². The van der Waals surface area contributed by atoms with Crippen LogP contribution >= 0.6 is 11.6 Å². The quantitative estimate of drug-likeness (QED) is 0.325. The summed E-state index contributed by atoms with van der Waals surface area (Å²) in [5.41, 5.74) is 11.4. The minimum Gasteiger partial charge on any atom is -0.508 e. The summed E-state index contributed by atoms with van der Waals surface area (Å²) in [7, 11) is 0. The number of aromatic hydroxyl groups is 1. The van der Waals surface area contributed by atoms with E-state index in [0.29, 0.717) is 18.1 Å². The Labute approximate surface area is 191 Å². The lowest BCUT2D eigenvalue weighted by molar-refractivity contribution is -0.122. The lowest BCUT2D eigenvalue weighted by atomic mass is 10.0. The van der Waals surface area contributed by atoms with Gasteiger partial charge in [-0.05, 0) is 48.4 Å².